The minimum atomic E-state index is -2.28. The van der Waals surface area contributed by atoms with E-state index in [1.165, 1.54) is 11.1 Å². The van der Waals surface area contributed by atoms with E-state index in [0.29, 0.717) is 0 Å². The lowest BCUT2D eigenvalue weighted by molar-refractivity contribution is 0.0380. The van der Waals surface area contributed by atoms with Crippen molar-refractivity contribution in [2.24, 2.45) is 10.8 Å². The first-order chi connectivity index (χ1) is 21.6. The van der Waals surface area contributed by atoms with Gasteiger partial charge in [-0.1, -0.05) is 171 Å². The maximum Gasteiger partial charge on any atom is 0.206 e. The summed E-state index contributed by atoms with van der Waals surface area (Å²) >= 11 is 0. The fourth-order valence-corrected chi connectivity index (χ4v) is 21.4. The van der Waals surface area contributed by atoms with E-state index in [1.54, 1.807) is 0 Å². The zero-order valence-corrected chi connectivity index (χ0v) is 35.6. The summed E-state index contributed by atoms with van der Waals surface area (Å²) in [5.74, 6) is 0. The van der Waals surface area contributed by atoms with Crippen molar-refractivity contribution in [2.75, 3.05) is 0 Å². The third kappa shape index (κ3) is 8.42. The average molecular weight is 697 g/mol. The van der Waals surface area contributed by atoms with Gasteiger partial charge in [-0.15, -0.1) is 0 Å². The molecule has 4 atom stereocenters. The van der Waals surface area contributed by atoms with Crippen molar-refractivity contribution in [1.82, 2.24) is 0 Å². The van der Waals surface area contributed by atoms with E-state index in [1.807, 2.05) is 0 Å². The number of aliphatic hydroxyl groups is 2. The van der Waals surface area contributed by atoms with Crippen molar-refractivity contribution in [2.45, 2.75) is 180 Å². The van der Waals surface area contributed by atoms with Crippen LogP contribution in [-0.2, 0) is 8.85 Å². The lowest BCUT2D eigenvalue weighted by atomic mass is 9.78. The standard InChI is InChI=1S/2C21H36O2Si/c2*1-19(2,3)24(20(4,5)6)15-17(22)14-21(7,8)18(23-24)16-12-10-9-11-13-16/h2*9-13,17-18,22H,14-15H2,1-8H3/t2*17-,18-/m10/s1. The predicted octanol–water partition coefficient (Wildman–Crippen LogP) is 12.2. The monoisotopic (exact) mass is 696 g/mol. The largest absolute Gasteiger partial charge is 0.408 e. The maximum atomic E-state index is 10.9. The molecule has 2 N–H and O–H groups in total. The second-order valence-electron chi connectivity index (χ2n) is 20.6. The molecule has 4 rings (SSSR count). The lowest BCUT2D eigenvalue weighted by Crippen LogP contribution is -2.56. The normalized spacial score (nSPS) is 27.5. The second-order valence-corrected chi connectivity index (χ2v) is 31.2. The number of rotatable bonds is 2. The topological polar surface area (TPSA) is 58.9 Å². The van der Waals surface area contributed by atoms with Crippen LogP contribution in [0.25, 0.3) is 0 Å². The fourth-order valence-electron chi connectivity index (χ4n) is 9.53. The van der Waals surface area contributed by atoms with Gasteiger partial charge >= 0.3 is 0 Å². The Hall–Kier alpha value is -1.29. The van der Waals surface area contributed by atoms with Crippen molar-refractivity contribution in [3.63, 3.8) is 0 Å². The molecule has 48 heavy (non-hydrogen) atoms. The van der Waals surface area contributed by atoms with Gasteiger partial charge in [0.1, 0.15) is 0 Å². The molecule has 0 saturated carbocycles. The van der Waals surface area contributed by atoms with E-state index in [9.17, 15) is 10.2 Å². The molecule has 0 bridgehead atoms. The van der Waals surface area contributed by atoms with Crippen molar-refractivity contribution >= 4 is 16.6 Å². The molecule has 0 aromatic heterocycles. The molecule has 2 aromatic rings. The molecule has 2 aliphatic heterocycles. The Morgan fingerprint density at radius 1 is 0.500 bits per heavy atom. The average Bonchev–Trinajstić information content (AvgIpc) is 3.11. The van der Waals surface area contributed by atoms with Crippen LogP contribution in [0.3, 0.4) is 0 Å². The van der Waals surface area contributed by atoms with Gasteiger partial charge in [0.05, 0.1) is 24.4 Å². The van der Waals surface area contributed by atoms with Crippen molar-refractivity contribution in [3.05, 3.63) is 71.8 Å². The van der Waals surface area contributed by atoms with Crippen LogP contribution in [0.15, 0.2) is 60.7 Å². The smallest absolute Gasteiger partial charge is 0.206 e. The predicted molar refractivity (Wildman–Crippen MR) is 209 cm³/mol. The maximum absolute atomic E-state index is 10.9. The molecule has 272 valence electrons. The van der Waals surface area contributed by atoms with Gasteiger partial charge in [-0.2, -0.15) is 0 Å². The Labute approximate surface area is 297 Å². The molecule has 2 fully saturated rings. The van der Waals surface area contributed by atoms with Gasteiger partial charge in [0.25, 0.3) is 0 Å². The molecule has 0 unspecified atom stereocenters. The van der Waals surface area contributed by atoms with Gasteiger partial charge in [0.15, 0.2) is 0 Å². The molecule has 2 saturated heterocycles. The molecule has 4 nitrogen and oxygen atoms in total. The summed E-state index contributed by atoms with van der Waals surface area (Å²) in [6.45, 7) is 36.6. The Balaban J connectivity index is 0.000000260. The van der Waals surface area contributed by atoms with Crippen molar-refractivity contribution in [1.29, 1.82) is 0 Å². The Bertz CT molecular complexity index is 1180. The van der Waals surface area contributed by atoms with E-state index >= 15 is 0 Å². The Morgan fingerprint density at radius 3 is 0.979 bits per heavy atom. The highest BCUT2D eigenvalue weighted by Crippen LogP contribution is 2.61. The molecular formula is C42H72O4Si2. The van der Waals surface area contributed by atoms with Crippen LogP contribution in [-0.4, -0.2) is 39.1 Å². The summed E-state index contributed by atoms with van der Waals surface area (Å²) in [6, 6.07) is 22.8. The molecule has 2 aliphatic rings. The summed E-state index contributed by atoms with van der Waals surface area (Å²) in [7, 11) is -4.57. The first-order valence-corrected chi connectivity index (χ1v) is 22.7. The first-order valence-electron chi connectivity index (χ1n) is 18.4. The third-order valence-electron chi connectivity index (χ3n) is 11.7. The fraction of sp³-hybridized carbons (Fsp3) is 0.714. The number of aliphatic hydroxyl groups excluding tert-OH is 2. The summed E-state index contributed by atoms with van der Waals surface area (Å²) in [5, 5.41) is 22.0. The summed E-state index contributed by atoms with van der Waals surface area (Å²) in [5.41, 5.74) is 2.29. The second kappa shape index (κ2) is 14.0. The van der Waals surface area contributed by atoms with Gasteiger partial charge in [-0.05, 0) is 67.0 Å². The van der Waals surface area contributed by atoms with Crippen LogP contribution in [0.1, 0.15) is 147 Å². The molecule has 0 radical (unpaired) electrons. The highest BCUT2D eigenvalue weighted by molar-refractivity contribution is 6.80. The molecule has 0 aliphatic carbocycles. The molecule has 6 heteroatoms. The van der Waals surface area contributed by atoms with Gasteiger partial charge in [0, 0.05) is 0 Å². The minimum absolute atomic E-state index is 0.0287. The first kappa shape index (κ1) is 41.1. The number of hydrogen-bond donors (Lipinski definition) is 2. The van der Waals surface area contributed by atoms with Gasteiger partial charge < -0.3 is 19.1 Å². The third-order valence-corrected chi connectivity index (χ3v) is 24.7. The molecule has 2 aromatic carbocycles. The van der Waals surface area contributed by atoms with Crippen molar-refractivity contribution in [3.8, 4) is 0 Å². The van der Waals surface area contributed by atoms with E-state index in [-0.39, 0.29) is 55.4 Å². The van der Waals surface area contributed by atoms with Gasteiger partial charge in [-0.25, -0.2) is 0 Å². The highest BCUT2D eigenvalue weighted by Gasteiger charge is 2.61. The van der Waals surface area contributed by atoms with Crippen LogP contribution in [0.2, 0.25) is 32.2 Å². The van der Waals surface area contributed by atoms with Crippen LogP contribution in [0.5, 0.6) is 0 Å². The SMILES string of the molecule is CC1(C)C[C@@H](O)C[Si](C(C)(C)C)(C(C)(C)C)O[C@@H]1c1ccccc1.CC1(C)C[C@H](O)C[Si](C(C)(C)C)(C(C)(C)C)O[C@H]1c1ccccc1. The lowest BCUT2D eigenvalue weighted by Gasteiger charge is -2.52. The number of hydrogen-bond acceptors (Lipinski definition) is 4. The van der Waals surface area contributed by atoms with Crippen LogP contribution >= 0.6 is 0 Å². The summed E-state index contributed by atoms with van der Waals surface area (Å²) < 4.78 is 14.4. The highest BCUT2D eigenvalue weighted by atomic mass is 28.4. The zero-order valence-electron chi connectivity index (χ0n) is 33.6. The minimum Gasteiger partial charge on any atom is -0.408 e. The zero-order chi connectivity index (χ0) is 36.8. The van der Waals surface area contributed by atoms with E-state index < -0.39 is 16.6 Å². The van der Waals surface area contributed by atoms with E-state index in [0.717, 1.165) is 24.9 Å². The van der Waals surface area contributed by atoms with Crippen molar-refractivity contribution < 1.29 is 19.1 Å². The van der Waals surface area contributed by atoms with E-state index in [4.69, 9.17) is 8.85 Å². The Morgan fingerprint density at radius 2 is 0.750 bits per heavy atom. The van der Waals surface area contributed by atoms with Gasteiger partial charge in [0.2, 0.25) is 16.6 Å². The van der Waals surface area contributed by atoms with Crippen LogP contribution < -0.4 is 0 Å². The van der Waals surface area contributed by atoms with Crippen LogP contribution in [0.4, 0.5) is 0 Å². The molecular weight excluding hydrogens is 625 g/mol. The number of benzene rings is 2. The van der Waals surface area contributed by atoms with E-state index in [2.05, 4.69) is 171 Å². The summed E-state index contributed by atoms with van der Waals surface area (Å²) in [4.78, 5) is 0. The Kier molecular flexibility index (Phi) is 12.0. The van der Waals surface area contributed by atoms with Gasteiger partial charge in [-0.3, -0.25) is 0 Å². The molecule has 2 heterocycles. The quantitative estimate of drug-likeness (QED) is 0.307. The molecule has 0 spiro atoms. The summed E-state index contributed by atoms with van der Waals surface area (Å²) in [6.07, 6.45) is 1.04. The molecule has 0 amide bonds. The van der Waals surface area contributed by atoms with Crippen LogP contribution in [0, 0.1) is 10.8 Å².